The monoisotopic (exact) mass is 548 g/mol. The van der Waals surface area contributed by atoms with Crippen molar-refractivity contribution in [2.75, 3.05) is 31.7 Å². The number of benzene rings is 1. The van der Waals surface area contributed by atoms with Crippen molar-refractivity contribution in [3.8, 4) is 0 Å². The number of anilines is 1. The molecule has 214 valence electrons. The van der Waals surface area contributed by atoms with Crippen molar-refractivity contribution in [1.29, 1.82) is 0 Å². The summed E-state index contributed by atoms with van der Waals surface area (Å²) in [7, 11) is 1.38. The second kappa shape index (κ2) is 11.3. The first-order chi connectivity index (χ1) is 19.1. The molecule has 0 aliphatic carbocycles. The van der Waals surface area contributed by atoms with Crippen molar-refractivity contribution < 1.29 is 23.7 Å². The summed E-state index contributed by atoms with van der Waals surface area (Å²) >= 11 is 0. The maximum absolute atomic E-state index is 13.2. The number of carbonyl (C=O) groups is 1. The Morgan fingerprint density at radius 1 is 1.15 bits per heavy atom. The van der Waals surface area contributed by atoms with Gasteiger partial charge in [-0.1, -0.05) is 36.4 Å². The highest BCUT2D eigenvalue weighted by Crippen LogP contribution is 2.38. The zero-order valence-corrected chi connectivity index (χ0v) is 24.4. The van der Waals surface area contributed by atoms with Gasteiger partial charge in [-0.15, -0.1) is 0 Å². The molecule has 1 saturated heterocycles. The molecule has 4 bridgehead atoms. The standard InChI is InChI=1S/C31H40N4O5/c1-21-26(27(29(36)37-6)40-30(2,3)4)28-34-15-13-31(5,14-16-34)39-17-9-12-22-10-7-8-11-23(22)19-38-20-24-18-25(32-21)35(28)33-24/h7-12,18,27H,13-17,19-20H2,1-6H3/t27-/m0/s1. The number of rotatable bonds is 3. The van der Waals surface area contributed by atoms with Crippen molar-refractivity contribution in [2.45, 2.75) is 78.0 Å². The second-order valence-corrected chi connectivity index (χ2v) is 11.8. The van der Waals surface area contributed by atoms with E-state index in [1.165, 1.54) is 7.11 Å². The summed E-state index contributed by atoms with van der Waals surface area (Å²) in [6, 6.07) is 10.2. The van der Waals surface area contributed by atoms with Crippen LogP contribution >= 0.6 is 0 Å². The lowest BCUT2D eigenvalue weighted by molar-refractivity contribution is -0.164. The van der Waals surface area contributed by atoms with Crippen LogP contribution in [0.4, 0.5) is 5.82 Å². The SMILES string of the molecule is COC(=O)[C@@H](OC(C)(C)C)c1c(C)nc2cc3nn2c1N1CCC(C)(CC1)OCC=Cc1ccccc1COC3. The van der Waals surface area contributed by atoms with E-state index in [1.807, 2.05) is 50.4 Å². The van der Waals surface area contributed by atoms with Gasteiger partial charge >= 0.3 is 5.97 Å². The number of aromatic nitrogens is 3. The Bertz CT molecular complexity index is 1400. The first-order valence-corrected chi connectivity index (χ1v) is 13.9. The van der Waals surface area contributed by atoms with Crippen LogP contribution in [0.2, 0.25) is 0 Å². The third-order valence-electron chi connectivity index (χ3n) is 7.51. The number of nitrogens with zero attached hydrogens (tertiary/aromatic N) is 4. The largest absolute Gasteiger partial charge is 0.467 e. The molecule has 0 N–H and O–H groups in total. The highest BCUT2D eigenvalue weighted by atomic mass is 16.6. The summed E-state index contributed by atoms with van der Waals surface area (Å²) in [6.45, 7) is 12.6. The topological polar surface area (TPSA) is 87.4 Å². The first kappa shape index (κ1) is 28.3. The molecular formula is C31H40N4O5. The highest BCUT2D eigenvalue weighted by Gasteiger charge is 2.38. The van der Waals surface area contributed by atoms with E-state index >= 15 is 0 Å². The minimum absolute atomic E-state index is 0.266. The molecule has 9 nitrogen and oxygen atoms in total. The van der Waals surface area contributed by atoms with E-state index in [2.05, 4.69) is 36.1 Å². The number of methoxy groups -OCH3 is 1. The number of fused-ring (bicyclic) bond motifs is 6. The fraction of sp³-hybridized carbons (Fsp3) is 0.516. The molecule has 40 heavy (non-hydrogen) atoms. The van der Waals surface area contributed by atoms with Gasteiger partial charge in [0.1, 0.15) is 5.82 Å². The number of aryl methyl sites for hydroxylation is 1. The van der Waals surface area contributed by atoms with E-state index in [9.17, 15) is 4.79 Å². The van der Waals surface area contributed by atoms with E-state index in [4.69, 9.17) is 29.0 Å². The Hall–Kier alpha value is -3.27. The van der Waals surface area contributed by atoms with E-state index in [0.29, 0.717) is 36.7 Å². The second-order valence-electron chi connectivity index (χ2n) is 11.8. The van der Waals surface area contributed by atoms with Crippen LogP contribution < -0.4 is 4.90 Å². The molecule has 0 spiro atoms. The van der Waals surface area contributed by atoms with Crippen molar-refractivity contribution in [3.63, 3.8) is 0 Å². The zero-order valence-electron chi connectivity index (χ0n) is 24.4. The van der Waals surface area contributed by atoms with Crippen LogP contribution in [-0.4, -0.2) is 58.6 Å². The van der Waals surface area contributed by atoms with Crippen LogP contribution in [0, 0.1) is 6.92 Å². The fourth-order valence-corrected chi connectivity index (χ4v) is 5.38. The molecule has 0 saturated carbocycles. The molecule has 1 fully saturated rings. The lowest BCUT2D eigenvalue weighted by Gasteiger charge is -2.41. The van der Waals surface area contributed by atoms with Gasteiger partial charge in [0.2, 0.25) is 0 Å². The predicted octanol–water partition coefficient (Wildman–Crippen LogP) is 5.19. The normalized spacial score (nSPS) is 18.5. The van der Waals surface area contributed by atoms with Gasteiger partial charge in [-0.25, -0.2) is 9.78 Å². The Kier molecular flexibility index (Phi) is 7.99. The van der Waals surface area contributed by atoms with Crippen molar-refractivity contribution in [2.24, 2.45) is 0 Å². The fourth-order valence-electron chi connectivity index (χ4n) is 5.38. The Balaban J connectivity index is 1.62. The lowest BCUT2D eigenvalue weighted by Crippen LogP contribution is -2.45. The Morgan fingerprint density at radius 3 is 2.62 bits per heavy atom. The lowest BCUT2D eigenvalue weighted by atomic mass is 9.92. The molecule has 0 radical (unpaired) electrons. The first-order valence-electron chi connectivity index (χ1n) is 13.9. The number of hydrogen-bond donors (Lipinski definition) is 0. The van der Waals surface area contributed by atoms with Crippen LogP contribution in [0.5, 0.6) is 0 Å². The predicted molar refractivity (Wildman–Crippen MR) is 153 cm³/mol. The number of ether oxygens (including phenoxy) is 4. The number of carbonyl (C=O) groups excluding carboxylic acids is 1. The maximum Gasteiger partial charge on any atom is 0.339 e. The molecule has 3 aliphatic rings. The highest BCUT2D eigenvalue weighted by molar-refractivity contribution is 5.80. The summed E-state index contributed by atoms with van der Waals surface area (Å²) in [5, 5.41) is 4.93. The van der Waals surface area contributed by atoms with Crippen LogP contribution in [-0.2, 0) is 37.0 Å². The van der Waals surface area contributed by atoms with Crippen LogP contribution in [0.1, 0.15) is 74.7 Å². The molecule has 5 heterocycles. The smallest absolute Gasteiger partial charge is 0.339 e. The van der Waals surface area contributed by atoms with Crippen LogP contribution in [0.25, 0.3) is 11.7 Å². The van der Waals surface area contributed by atoms with E-state index < -0.39 is 17.7 Å². The molecule has 9 heteroatoms. The summed E-state index contributed by atoms with van der Waals surface area (Å²) in [4.78, 5) is 20.3. The number of hydrogen-bond acceptors (Lipinski definition) is 8. The molecule has 0 amide bonds. The van der Waals surface area contributed by atoms with Gasteiger partial charge in [-0.2, -0.15) is 9.61 Å². The van der Waals surface area contributed by atoms with E-state index in [1.54, 1.807) is 0 Å². The number of piperidine rings is 1. The van der Waals surface area contributed by atoms with Gasteiger partial charge in [0.05, 0.1) is 49.4 Å². The summed E-state index contributed by atoms with van der Waals surface area (Å²) < 4.78 is 25.9. The Morgan fingerprint density at radius 2 is 1.90 bits per heavy atom. The maximum atomic E-state index is 13.2. The number of esters is 1. The van der Waals surface area contributed by atoms with E-state index in [-0.39, 0.29) is 5.60 Å². The average Bonchev–Trinajstić information content (AvgIpc) is 3.31. The molecule has 1 aromatic carbocycles. The molecule has 6 rings (SSSR count). The van der Waals surface area contributed by atoms with Crippen LogP contribution in [0.3, 0.4) is 0 Å². The summed E-state index contributed by atoms with van der Waals surface area (Å²) in [6.07, 6.45) is 4.86. The third kappa shape index (κ3) is 6.06. The minimum atomic E-state index is -0.957. The van der Waals surface area contributed by atoms with Gasteiger partial charge < -0.3 is 23.8 Å². The van der Waals surface area contributed by atoms with Gasteiger partial charge in [0.25, 0.3) is 0 Å². The molecule has 1 atom stereocenters. The van der Waals surface area contributed by atoms with Gasteiger partial charge in [-0.05, 0) is 58.6 Å². The molecule has 0 unspecified atom stereocenters. The van der Waals surface area contributed by atoms with Gasteiger partial charge in [0.15, 0.2) is 11.8 Å². The molecule has 3 aliphatic heterocycles. The van der Waals surface area contributed by atoms with Crippen molar-refractivity contribution in [1.82, 2.24) is 14.6 Å². The van der Waals surface area contributed by atoms with Gasteiger partial charge in [-0.3, -0.25) is 0 Å². The minimum Gasteiger partial charge on any atom is -0.467 e. The molecule has 3 aromatic rings. The van der Waals surface area contributed by atoms with Gasteiger partial charge in [0, 0.05) is 24.8 Å². The van der Waals surface area contributed by atoms with Crippen LogP contribution in [0.15, 0.2) is 36.4 Å². The quantitative estimate of drug-likeness (QED) is 0.414. The Labute approximate surface area is 236 Å². The average molecular weight is 549 g/mol. The van der Waals surface area contributed by atoms with Crippen molar-refractivity contribution >= 4 is 23.5 Å². The third-order valence-corrected chi connectivity index (χ3v) is 7.51. The molecular weight excluding hydrogens is 508 g/mol. The molecule has 2 aromatic heterocycles. The zero-order chi connectivity index (χ0) is 28.5. The van der Waals surface area contributed by atoms with E-state index in [0.717, 1.165) is 48.6 Å². The summed E-state index contributed by atoms with van der Waals surface area (Å²) in [5.74, 6) is 0.329. The van der Waals surface area contributed by atoms with Crippen molar-refractivity contribution in [3.05, 3.63) is 64.5 Å². The summed E-state index contributed by atoms with van der Waals surface area (Å²) in [5.41, 5.74) is 4.19.